The van der Waals surface area contributed by atoms with Crippen molar-refractivity contribution < 1.29 is 19.4 Å². The van der Waals surface area contributed by atoms with E-state index in [0.29, 0.717) is 54.2 Å². The molecule has 0 radical (unpaired) electrons. The maximum Gasteiger partial charge on any atom is 0.168 e. The molecule has 1 fully saturated rings. The molecule has 0 saturated heterocycles. The first-order chi connectivity index (χ1) is 14.3. The number of aliphatic imine (C=N–C) groups is 1. The number of aliphatic hydroxyl groups is 1. The number of carbonyl (C=O) groups excluding carboxylic acids is 1. The van der Waals surface area contributed by atoms with Crippen LogP contribution in [0.15, 0.2) is 59.1 Å². The zero-order valence-corrected chi connectivity index (χ0v) is 18.1. The van der Waals surface area contributed by atoms with Crippen molar-refractivity contribution in [3.8, 4) is 11.5 Å². The molecule has 158 valence electrons. The van der Waals surface area contributed by atoms with Gasteiger partial charge in [0.1, 0.15) is 5.76 Å². The van der Waals surface area contributed by atoms with Crippen molar-refractivity contribution in [2.75, 3.05) is 20.8 Å². The lowest BCUT2D eigenvalue weighted by molar-refractivity contribution is -0.117. The molecule has 1 aliphatic rings. The number of aliphatic hydroxyl groups excluding tert-OH is 1. The fourth-order valence-electron chi connectivity index (χ4n) is 3.79. The van der Waals surface area contributed by atoms with Crippen LogP contribution in [-0.2, 0) is 11.2 Å². The van der Waals surface area contributed by atoms with Gasteiger partial charge in [0.15, 0.2) is 17.3 Å². The van der Waals surface area contributed by atoms with E-state index in [1.54, 1.807) is 26.4 Å². The first-order valence-electron chi connectivity index (χ1n) is 10.1. The van der Waals surface area contributed by atoms with Crippen LogP contribution in [0.5, 0.6) is 11.5 Å². The molecular formula is C25H29NO4. The lowest BCUT2D eigenvalue weighted by Gasteiger charge is -2.31. The standard InChI is InChI=1S/C25H29NO4/c1-25(2)15-19(23(20(27)16-25)24(28)18-8-6-5-7-9-18)26-13-12-17-10-11-21(29-3)22(14-17)30-4/h5-11,14,28H,12-13,15-16H2,1-4H3. The molecule has 0 spiro atoms. The highest BCUT2D eigenvalue weighted by atomic mass is 16.5. The quantitative estimate of drug-likeness (QED) is 0.538. The van der Waals surface area contributed by atoms with Gasteiger partial charge in [0.2, 0.25) is 0 Å². The summed E-state index contributed by atoms with van der Waals surface area (Å²) in [6.07, 6.45) is 1.74. The Kier molecular flexibility index (Phi) is 6.60. The van der Waals surface area contributed by atoms with Crippen LogP contribution in [0.25, 0.3) is 5.76 Å². The highest BCUT2D eigenvalue weighted by Crippen LogP contribution is 2.37. The van der Waals surface area contributed by atoms with Gasteiger partial charge in [0, 0.05) is 24.2 Å². The van der Waals surface area contributed by atoms with E-state index in [0.717, 1.165) is 5.56 Å². The molecule has 2 aromatic carbocycles. The summed E-state index contributed by atoms with van der Waals surface area (Å²) in [5, 5.41) is 10.8. The number of hydrogen-bond acceptors (Lipinski definition) is 5. The normalized spacial score (nSPS) is 18.9. The Balaban J connectivity index is 1.88. The van der Waals surface area contributed by atoms with Gasteiger partial charge in [0.05, 0.1) is 19.8 Å². The number of hydrogen-bond donors (Lipinski definition) is 1. The summed E-state index contributed by atoms with van der Waals surface area (Å²) >= 11 is 0. The first kappa shape index (κ1) is 21.6. The number of rotatable bonds is 6. The minimum absolute atomic E-state index is 0.0148. The summed E-state index contributed by atoms with van der Waals surface area (Å²) in [4.78, 5) is 17.6. The minimum Gasteiger partial charge on any atom is -0.506 e. The second kappa shape index (κ2) is 9.16. The molecule has 5 nitrogen and oxygen atoms in total. The van der Waals surface area contributed by atoms with Gasteiger partial charge in [0.25, 0.3) is 0 Å². The summed E-state index contributed by atoms with van der Waals surface area (Å²) < 4.78 is 10.7. The molecule has 5 heteroatoms. The third-order valence-electron chi connectivity index (χ3n) is 5.29. The van der Waals surface area contributed by atoms with Gasteiger partial charge < -0.3 is 14.6 Å². The average Bonchev–Trinajstić information content (AvgIpc) is 2.73. The number of methoxy groups -OCH3 is 2. The van der Waals surface area contributed by atoms with E-state index in [1.165, 1.54) is 0 Å². The number of Topliss-reactive ketones (excluding diaryl/α,β-unsaturated/α-hetero) is 1. The van der Waals surface area contributed by atoms with Crippen LogP contribution in [-0.4, -0.2) is 37.4 Å². The van der Waals surface area contributed by atoms with Crippen molar-refractivity contribution in [2.24, 2.45) is 10.4 Å². The number of nitrogens with zero attached hydrogens (tertiary/aromatic N) is 1. The van der Waals surface area contributed by atoms with Crippen LogP contribution in [0.1, 0.15) is 37.8 Å². The summed E-state index contributed by atoms with van der Waals surface area (Å²) in [5.41, 5.74) is 2.55. The first-order valence-corrected chi connectivity index (χ1v) is 10.1. The van der Waals surface area contributed by atoms with E-state index in [4.69, 9.17) is 14.5 Å². The fraction of sp³-hybridized carbons (Fsp3) is 0.360. The molecule has 0 heterocycles. The van der Waals surface area contributed by atoms with Gasteiger partial charge in [-0.2, -0.15) is 0 Å². The van der Waals surface area contributed by atoms with E-state index < -0.39 is 0 Å². The lowest BCUT2D eigenvalue weighted by Crippen LogP contribution is -2.32. The van der Waals surface area contributed by atoms with Gasteiger partial charge in [-0.1, -0.05) is 50.2 Å². The Hall–Kier alpha value is -3.08. The van der Waals surface area contributed by atoms with E-state index in [-0.39, 0.29) is 17.0 Å². The van der Waals surface area contributed by atoms with E-state index in [2.05, 4.69) is 13.8 Å². The molecule has 1 N–H and O–H groups in total. The van der Waals surface area contributed by atoms with Crippen molar-refractivity contribution in [1.82, 2.24) is 0 Å². The SMILES string of the molecule is COc1ccc(CCN=C2CC(C)(C)CC(=O)C2=C(O)c2ccccc2)cc1OC. The van der Waals surface area contributed by atoms with Gasteiger partial charge in [-0.3, -0.25) is 9.79 Å². The Morgan fingerprint density at radius 2 is 1.73 bits per heavy atom. The van der Waals surface area contributed by atoms with Gasteiger partial charge >= 0.3 is 0 Å². The Morgan fingerprint density at radius 1 is 1.03 bits per heavy atom. The molecule has 0 aliphatic heterocycles. The second-order valence-corrected chi connectivity index (χ2v) is 8.30. The molecule has 2 aromatic rings. The van der Waals surface area contributed by atoms with E-state index in [9.17, 15) is 9.90 Å². The molecular weight excluding hydrogens is 378 g/mol. The molecule has 3 rings (SSSR count). The van der Waals surface area contributed by atoms with Crippen molar-refractivity contribution in [1.29, 1.82) is 0 Å². The highest BCUT2D eigenvalue weighted by Gasteiger charge is 2.36. The number of benzene rings is 2. The minimum atomic E-state index is -0.181. The summed E-state index contributed by atoms with van der Waals surface area (Å²) in [5.74, 6) is 1.32. The van der Waals surface area contributed by atoms with Crippen molar-refractivity contribution in [3.05, 3.63) is 65.2 Å². The van der Waals surface area contributed by atoms with Gasteiger partial charge in [-0.25, -0.2) is 0 Å². The molecule has 0 aromatic heterocycles. The molecule has 0 amide bonds. The molecule has 30 heavy (non-hydrogen) atoms. The molecule has 0 unspecified atom stereocenters. The van der Waals surface area contributed by atoms with Crippen LogP contribution in [0.3, 0.4) is 0 Å². The molecule has 0 bridgehead atoms. The Labute approximate surface area is 178 Å². The number of allylic oxidation sites excluding steroid dienone is 1. The average molecular weight is 408 g/mol. The third-order valence-corrected chi connectivity index (χ3v) is 5.29. The number of carbonyl (C=O) groups is 1. The van der Waals surface area contributed by atoms with Crippen LogP contribution < -0.4 is 9.47 Å². The maximum absolute atomic E-state index is 12.9. The van der Waals surface area contributed by atoms with Crippen molar-refractivity contribution in [2.45, 2.75) is 33.1 Å². The number of ether oxygens (including phenoxy) is 2. The molecule has 1 aliphatic carbocycles. The van der Waals surface area contributed by atoms with Crippen molar-refractivity contribution >= 4 is 17.3 Å². The second-order valence-electron chi connectivity index (χ2n) is 8.30. The van der Waals surface area contributed by atoms with E-state index >= 15 is 0 Å². The van der Waals surface area contributed by atoms with Crippen LogP contribution in [0, 0.1) is 5.41 Å². The summed E-state index contributed by atoms with van der Waals surface area (Å²) in [6, 6.07) is 15.0. The summed E-state index contributed by atoms with van der Waals surface area (Å²) in [6.45, 7) is 4.63. The Bertz CT molecular complexity index is 974. The smallest absolute Gasteiger partial charge is 0.168 e. The highest BCUT2D eigenvalue weighted by molar-refractivity contribution is 6.28. The molecule has 0 atom stereocenters. The number of ketones is 1. The zero-order chi connectivity index (χ0) is 21.7. The lowest BCUT2D eigenvalue weighted by atomic mass is 9.73. The predicted molar refractivity (Wildman–Crippen MR) is 120 cm³/mol. The maximum atomic E-state index is 12.9. The fourth-order valence-corrected chi connectivity index (χ4v) is 3.79. The monoisotopic (exact) mass is 407 g/mol. The Morgan fingerprint density at radius 3 is 2.40 bits per heavy atom. The van der Waals surface area contributed by atoms with Crippen LogP contribution in [0.2, 0.25) is 0 Å². The summed E-state index contributed by atoms with van der Waals surface area (Å²) in [7, 11) is 3.22. The third kappa shape index (κ3) is 4.90. The van der Waals surface area contributed by atoms with Crippen LogP contribution in [0.4, 0.5) is 0 Å². The predicted octanol–water partition coefficient (Wildman–Crippen LogP) is 5.05. The van der Waals surface area contributed by atoms with E-state index in [1.807, 2.05) is 36.4 Å². The largest absolute Gasteiger partial charge is 0.506 e. The van der Waals surface area contributed by atoms with Gasteiger partial charge in [-0.15, -0.1) is 0 Å². The zero-order valence-electron chi connectivity index (χ0n) is 18.1. The topological polar surface area (TPSA) is 68.1 Å². The molecule has 1 saturated carbocycles. The van der Waals surface area contributed by atoms with Crippen molar-refractivity contribution in [3.63, 3.8) is 0 Å². The van der Waals surface area contributed by atoms with Crippen LogP contribution >= 0.6 is 0 Å². The van der Waals surface area contributed by atoms with Gasteiger partial charge in [-0.05, 0) is 36.0 Å².